The third-order valence-electron chi connectivity index (χ3n) is 0.708. The number of hydrogen-bond donors (Lipinski definition) is 0. The third-order valence-corrected chi connectivity index (χ3v) is 2.40. The minimum absolute atomic E-state index is 0.314. The number of carbonyl (C=O) groups excluding carboxylic acids is 1. The third kappa shape index (κ3) is 4.37. The van der Waals surface area contributed by atoms with Crippen LogP contribution in [0, 0.1) is 0 Å². The Balaban J connectivity index is 4.12. The maximum Gasteiger partial charge on any atom is 0.384 e. The normalized spacial score (nSPS) is 9.90. The first-order chi connectivity index (χ1) is 4.48. The topological polar surface area (TPSA) is 38.7 Å². The molecule has 0 unspecified atom stereocenters. The Morgan fingerprint density at radius 3 is 2.50 bits per heavy atom. The molecule has 10 heavy (non-hydrogen) atoms. The molecule has 0 heterocycles. The summed E-state index contributed by atoms with van der Waals surface area (Å²) in [5.74, 6) is -0.314. The maximum absolute atomic E-state index is 10.4. The van der Waals surface area contributed by atoms with Gasteiger partial charge in [0.05, 0.1) is 5.16 Å². The van der Waals surface area contributed by atoms with Crippen LogP contribution in [0.3, 0.4) is 0 Å². The lowest BCUT2D eigenvalue weighted by molar-refractivity contribution is -0.132. The molecule has 0 aromatic heterocycles. The second-order valence-electron chi connectivity index (χ2n) is 2.24. The predicted molar refractivity (Wildman–Crippen MR) is 44.3 cm³/mol. The Morgan fingerprint density at radius 1 is 1.70 bits per heavy atom. The molecule has 0 bridgehead atoms. The summed E-state index contributed by atoms with van der Waals surface area (Å²) in [7, 11) is -2.21. The van der Waals surface area contributed by atoms with Gasteiger partial charge in [-0.05, 0) is 25.3 Å². The van der Waals surface area contributed by atoms with Crippen molar-refractivity contribution in [3.8, 4) is 0 Å². The van der Waals surface area contributed by atoms with E-state index in [1.165, 1.54) is 6.92 Å². The first-order valence-electron chi connectivity index (χ1n) is 2.76. The molecule has 5 heteroatoms. The number of rotatable bonds is 2. The van der Waals surface area contributed by atoms with Gasteiger partial charge in [-0.15, -0.1) is 0 Å². The van der Waals surface area contributed by atoms with Crippen molar-refractivity contribution in [1.82, 2.24) is 0 Å². The van der Waals surface area contributed by atoms with Crippen molar-refractivity contribution in [2.45, 2.75) is 20.0 Å². The summed E-state index contributed by atoms with van der Waals surface area (Å²) >= 11 is 4.38. The van der Waals surface area contributed by atoms with E-state index in [9.17, 15) is 4.79 Å². The van der Waals surface area contributed by atoms with Gasteiger partial charge >= 0.3 is 8.48 Å². The van der Waals surface area contributed by atoms with E-state index in [0.29, 0.717) is 0 Å². The molecule has 0 saturated carbocycles. The van der Waals surface area contributed by atoms with E-state index >= 15 is 0 Å². The zero-order valence-corrected chi connectivity index (χ0v) is 7.99. The van der Waals surface area contributed by atoms with Crippen LogP contribution in [-0.2, 0) is 9.22 Å². The van der Waals surface area contributed by atoms with E-state index in [4.69, 9.17) is 4.43 Å². The molecule has 0 aromatic rings. The minimum atomic E-state index is -2.21. The average Bonchev–Trinajstić information content (AvgIpc) is 1.59. The smallest absolute Gasteiger partial charge is 0.384 e. The van der Waals surface area contributed by atoms with Gasteiger partial charge in [0.25, 0.3) is 5.97 Å². The number of carbonyl (C=O) groups is 1. The Bertz CT molecular complexity index is 186. The summed E-state index contributed by atoms with van der Waals surface area (Å²) < 4.78 is 8.64. The van der Waals surface area contributed by atoms with Crippen LogP contribution in [0.2, 0.25) is 13.1 Å². The number of hydrogen-bond acceptors (Lipinski definition) is 4. The predicted octanol–water partition coefficient (Wildman–Crippen LogP) is 1.35. The van der Waals surface area contributed by atoms with E-state index in [1.54, 1.807) is 13.1 Å². The van der Waals surface area contributed by atoms with Crippen molar-refractivity contribution < 1.29 is 9.22 Å². The highest BCUT2D eigenvalue weighted by atomic mass is 32.1. The van der Waals surface area contributed by atoms with Gasteiger partial charge in [0, 0.05) is 6.92 Å². The van der Waals surface area contributed by atoms with Crippen molar-refractivity contribution in [1.29, 1.82) is 0 Å². The highest BCUT2D eigenvalue weighted by Gasteiger charge is 2.24. The summed E-state index contributed by atoms with van der Waals surface area (Å²) in [5, 5.41) is 2.21. The Morgan fingerprint density at radius 2 is 2.20 bits per heavy atom. The van der Waals surface area contributed by atoms with E-state index < -0.39 is 8.48 Å². The van der Waals surface area contributed by atoms with Crippen LogP contribution in [-0.4, -0.2) is 19.6 Å². The van der Waals surface area contributed by atoms with Crippen LogP contribution in [0.4, 0.5) is 0 Å². The van der Waals surface area contributed by atoms with E-state index in [2.05, 4.69) is 22.0 Å². The molecule has 0 spiro atoms. The minimum Gasteiger partial charge on any atom is -0.498 e. The first-order valence-corrected chi connectivity index (χ1v) is 6.03. The lowest BCUT2D eigenvalue weighted by Crippen LogP contribution is -2.29. The molecular weight excluding hydrogens is 166 g/mol. The number of thiocarbonyl (C=S) groups is 1. The van der Waals surface area contributed by atoms with Gasteiger partial charge in [-0.25, -0.2) is 4.66 Å². The van der Waals surface area contributed by atoms with Crippen molar-refractivity contribution in [3.63, 3.8) is 0 Å². The molecular formula is C5H9NO2SSi. The van der Waals surface area contributed by atoms with Crippen LogP contribution < -0.4 is 0 Å². The fraction of sp³-hybridized carbons (Fsp3) is 0.600. The van der Waals surface area contributed by atoms with E-state index in [-0.39, 0.29) is 5.97 Å². The number of isothiocyanates is 1. The van der Waals surface area contributed by atoms with Gasteiger partial charge in [0.2, 0.25) is 0 Å². The van der Waals surface area contributed by atoms with Crippen molar-refractivity contribution in [2.24, 2.45) is 4.66 Å². The van der Waals surface area contributed by atoms with Crippen molar-refractivity contribution in [3.05, 3.63) is 0 Å². The summed E-state index contributed by atoms with van der Waals surface area (Å²) in [6, 6.07) is 0. The molecule has 0 rings (SSSR count). The van der Waals surface area contributed by atoms with Crippen molar-refractivity contribution in [2.75, 3.05) is 0 Å². The van der Waals surface area contributed by atoms with E-state index in [0.717, 1.165) is 0 Å². The molecule has 0 saturated heterocycles. The van der Waals surface area contributed by atoms with Gasteiger partial charge in [-0.3, -0.25) is 4.79 Å². The molecule has 0 aromatic carbocycles. The van der Waals surface area contributed by atoms with Gasteiger partial charge < -0.3 is 4.43 Å². The van der Waals surface area contributed by atoms with Crippen LogP contribution in [0.1, 0.15) is 6.92 Å². The lowest BCUT2D eigenvalue weighted by Gasteiger charge is -2.13. The van der Waals surface area contributed by atoms with Gasteiger partial charge in [-0.2, -0.15) is 0 Å². The summed E-state index contributed by atoms with van der Waals surface area (Å²) in [6.07, 6.45) is 0. The standard InChI is InChI=1S/C5H9NO2SSi/c1-5(7)8-10(2,3)6-4-9/h1-3H3. The Labute approximate surface area is 66.3 Å². The maximum atomic E-state index is 10.4. The summed E-state index contributed by atoms with van der Waals surface area (Å²) in [5.41, 5.74) is 0. The zero-order chi connectivity index (χ0) is 8.20. The summed E-state index contributed by atoms with van der Waals surface area (Å²) in [6.45, 7) is 4.90. The van der Waals surface area contributed by atoms with Crippen molar-refractivity contribution >= 4 is 31.8 Å². The Kier molecular flexibility index (Phi) is 3.42. The fourth-order valence-electron chi connectivity index (χ4n) is 0.484. The molecule has 0 aliphatic heterocycles. The SMILES string of the molecule is CC(=O)O[Si](C)(C)N=C=S. The monoisotopic (exact) mass is 175 g/mol. The zero-order valence-electron chi connectivity index (χ0n) is 6.17. The van der Waals surface area contributed by atoms with Gasteiger partial charge in [0.1, 0.15) is 0 Å². The molecule has 0 N–H and O–H groups in total. The quantitative estimate of drug-likeness (QED) is 0.361. The second-order valence-corrected chi connectivity index (χ2v) is 5.75. The molecule has 0 radical (unpaired) electrons. The fourth-order valence-corrected chi connectivity index (χ4v) is 2.11. The molecule has 0 fully saturated rings. The highest BCUT2D eigenvalue weighted by molar-refractivity contribution is 7.78. The molecule has 0 aliphatic rings. The average molecular weight is 175 g/mol. The molecule has 3 nitrogen and oxygen atoms in total. The van der Waals surface area contributed by atoms with Crippen LogP contribution in [0.25, 0.3) is 0 Å². The van der Waals surface area contributed by atoms with E-state index in [1.807, 2.05) is 0 Å². The lowest BCUT2D eigenvalue weighted by atomic mass is 10.9. The first kappa shape index (κ1) is 9.49. The van der Waals surface area contributed by atoms with Gasteiger partial charge in [-0.1, -0.05) is 0 Å². The Hall–Kier alpha value is -0.513. The van der Waals surface area contributed by atoms with Gasteiger partial charge in [0.15, 0.2) is 0 Å². The summed E-state index contributed by atoms with van der Waals surface area (Å²) in [4.78, 5) is 10.4. The molecule has 0 atom stereocenters. The largest absolute Gasteiger partial charge is 0.498 e. The molecule has 0 aliphatic carbocycles. The molecule has 56 valence electrons. The van der Waals surface area contributed by atoms with Crippen LogP contribution >= 0.6 is 12.2 Å². The van der Waals surface area contributed by atoms with Crippen LogP contribution in [0.15, 0.2) is 4.66 Å². The molecule has 0 amide bonds. The second kappa shape index (κ2) is 3.61. The highest BCUT2D eigenvalue weighted by Crippen LogP contribution is 2.04. The van der Waals surface area contributed by atoms with Crippen LogP contribution in [0.5, 0.6) is 0 Å². The number of nitrogens with zero attached hydrogens (tertiary/aromatic N) is 1.